The van der Waals surface area contributed by atoms with E-state index in [4.69, 9.17) is 0 Å². The van der Waals surface area contributed by atoms with E-state index in [2.05, 4.69) is 80.7 Å². The molecule has 2 N–H and O–H groups in total. The van der Waals surface area contributed by atoms with Crippen molar-refractivity contribution in [3.8, 4) is 5.82 Å². The molecule has 0 saturated heterocycles. The molecule has 3 rings (SSSR count). The van der Waals surface area contributed by atoms with Gasteiger partial charge in [0.15, 0.2) is 5.96 Å². The molecule has 3 aromatic rings. The highest BCUT2D eigenvalue weighted by molar-refractivity contribution is 5.79. The van der Waals surface area contributed by atoms with Gasteiger partial charge in [-0.15, -0.1) is 0 Å². The number of imidazole rings is 1. The molecule has 0 aliphatic heterocycles. The normalized spacial score (nSPS) is 12.7. The number of aliphatic imine (C=N–C) groups is 1. The summed E-state index contributed by atoms with van der Waals surface area (Å²) in [5.74, 6) is 2.57. The number of rotatable bonds is 9. The largest absolute Gasteiger partial charge is 0.354 e. The summed E-state index contributed by atoms with van der Waals surface area (Å²) in [6, 6.07) is 15.0. The van der Waals surface area contributed by atoms with Crippen LogP contribution in [0.1, 0.15) is 36.8 Å². The van der Waals surface area contributed by atoms with Crippen LogP contribution in [0.5, 0.6) is 0 Å². The van der Waals surface area contributed by atoms with Crippen LogP contribution in [0.3, 0.4) is 0 Å². The third-order valence-electron chi connectivity index (χ3n) is 5.47. The van der Waals surface area contributed by atoms with E-state index in [0.29, 0.717) is 6.54 Å². The molecular weight excluding hydrogens is 386 g/mol. The van der Waals surface area contributed by atoms with Crippen LogP contribution < -0.4 is 10.6 Å². The molecule has 1 unspecified atom stereocenters. The molecule has 7 heteroatoms. The van der Waals surface area contributed by atoms with Gasteiger partial charge in [-0.25, -0.2) is 9.97 Å². The number of hydrogen-bond donors (Lipinski definition) is 2. The van der Waals surface area contributed by atoms with E-state index in [1.165, 1.54) is 5.56 Å². The molecule has 0 saturated carbocycles. The number of aromatic nitrogens is 3. The van der Waals surface area contributed by atoms with Crippen molar-refractivity contribution in [3.63, 3.8) is 0 Å². The molecule has 31 heavy (non-hydrogen) atoms. The molecule has 1 atom stereocenters. The predicted molar refractivity (Wildman–Crippen MR) is 126 cm³/mol. The number of guanidine groups is 1. The van der Waals surface area contributed by atoms with Crippen molar-refractivity contribution in [2.24, 2.45) is 4.99 Å². The van der Waals surface area contributed by atoms with Crippen LogP contribution >= 0.6 is 0 Å². The molecule has 0 aliphatic rings. The Balaban J connectivity index is 1.59. The lowest BCUT2D eigenvalue weighted by molar-refractivity contribution is 0.219. The number of aryl methyl sites for hydroxylation is 1. The van der Waals surface area contributed by atoms with Crippen molar-refractivity contribution in [1.82, 2.24) is 30.1 Å². The number of benzene rings is 1. The van der Waals surface area contributed by atoms with E-state index in [1.807, 2.05) is 30.0 Å². The number of hydrogen-bond acceptors (Lipinski definition) is 4. The van der Waals surface area contributed by atoms with Crippen LogP contribution in [-0.2, 0) is 6.54 Å². The van der Waals surface area contributed by atoms with Gasteiger partial charge in [-0.1, -0.05) is 50.2 Å². The third kappa shape index (κ3) is 5.92. The first-order chi connectivity index (χ1) is 15.2. The number of nitrogens with one attached hydrogen (secondary N) is 2. The molecule has 0 radical (unpaired) electrons. The minimum Gasteiger partial charge on any atom is -0.354 e. The van der Waals surface area contributed by atoms with Gasteiger partial charge in [-0.05, 0) is 37.2 Å². The second kappa shape index (κ2) is 11.3. The van der Waals surface area contributed by atoms with E-state index in [0.717, 1.165) is 42.8 Å². The number of nitrogens with zero attached hydrogens (tertiary/aromatic N) is 5. The van der Waals surface area contributed by atoms with Crippen molar-refractivity contribution < 1.29 is 0 Å². The van der Waals surface area contributed by atoms with Crippen molar-refractivity contribution >= 4 is 5.96 Å². The molecule has 0 spiro atoms. The molecule has 2 aromatic heterocycles. The summed E-state index contributed by atoms with van der Waals surface area (Å²) in [6.45, 7) is 9.80. The second-order valence-corrected chi connectivity index (χ2v) is 7.32. The SMILES string of the molecule is CCN(CC)C(CNC(=NC)NCc1ccc(-n2ccnc2C)nc1)c1ccccc1. The zero-order valence-electron chi connectivity index (χ0n) is 18.9. The first-order valence-electron chi connectivity index (χ1n) is 10.8. The van der Waals surface area contributed by atoms with Gasteiger partial charge in [0.2, 0.25) is 0 Å². The Labute approximate surface area is 185 Å². The molecular formula is C24H33N7. The molecule has 0 amide bonds. The topological polar surface area (TPSA) is 70.4 Å². The van der Waals surface area contributed by atoms with Gasteiger partial charge in [0, 0.05) is 38.7 Å². The zero-order chi connectivity index (χ0) is 22.1. The maximum Gasteiger partial charge on any atom is 0.191 e. The fourth-order valence-corrected chi connectivity index (χ4v) is 3.68. The lowest BCUT2D eigenvalue weighted by Gasteiger charge is -2.30. The second-order valence-electron chi connectivity index (χ2n) is 7.32. The van der Waals surface area contributed by atoms with Crippen LogP contribution in [0.25, 0.3) is 5.82 Å². The average Bonchev–Trinajstić information content (AvgIpc) is 3.25. The van der Waals surface area contributed by atoms with Crippen LogP contribution in [-0.4, -0.2) is 52.1 Å². The highest BCUT2D eigenvalue weighted by Crippen LogP contribution is 2.19. The number of pyridine rings is 1. The Morgan fingerprint density at radius 1 is 1.06 bits per heavy atom. The highest BCUT2D eigenvalue weighted by Gasteiger charge is 2.18. The predicted octanol–water partition coefficient (Wildman–Crippen LogP) is 3.32. The lowest BCUT2D eigenvalue weighted by Crippen LogP contribution is -2.43. The Bertz CT molecular complexity index is 944. The summed E-state index contributed by atoms with van der Waals surface area (Å²) >= 11 is 0. The quantitative estimate of drug-likeness (QED) is 0.411. The van der Waals surface area contributed by atoms with Crippen molar-refractivity contribution in [2.45, 2.75) is 33.4 Å². The van der Waals surface area contributed by atoms with E-state index in [9.17, 15) is 0 Å². The van der Waals surface area contributed by atoms with E-state index >= 15 is 0 Å². The molecule has 0 fully saturated rings. The summed E-state index contributed by atoms with van der Waals surface area (Å²) in [5.41, 5.74) is 2.40. The number of likely N-dealkylation sites (N-methyl/N-ethyl adjacent to an activating group) is 1. The summed E-state index contributed by atoms with van der Waals surface area (Å²) in [5, 5.41) is 6.89. The minimum atomic E-state index is 0.286. The minimum absolute atomic E-state index is 0.286. The molecule has 7 nitrogen and oxygen atoms in total. The van der Waals surface area contributed by atoms with Gasteiger partial charge >= 0.3 is 0 Å². The fraction of sp³-hybridized carbons (Fsp3) is 0.375. The highest BCUT2D eigenvalue weighted by atomic mass is 15.2. The zero-order valence-corrected chi connectivity index (χ0v) is 18.9. The lowest BCUT2D eigenvalue weighted by atomic mass is 10.1. The Morgan fingerprint density at radius 2 is 1.84 bits per heavy atom. The Kier molecular flexibility index (Phi) is 8.18. The first-order valence-corrected chi connectivity index (χ1v) is 10.8. The van der Waals surface area contributed by atoms with Crippen LogP contribution in [0.2, 0.25) is 0 Å². The van der Waals surface area contributed by atoms with Crippen LogP contribution in [0.15, 0.2) is 66.0 Å². The van der Waals surface area contributed by atoms with E-state index in [1.54, 1.807) is 13.2 Å². The average molecular weight is 420 g/mol. The first kappa shape index (κ1) is 22.5. The van der Waals surface area contributed by atoms with Crippen molar-refractivity contribution in [3.05, 3.63) is 78.0 Å². The summed E-state index contributed by atoms with van der Waals surface area (Å²) < 4.78 is 1.97. The van der Waals surface area contributed by atoms with Gasteiger partial charge in [0.05, 0.1) is 6.04 Å². The van der Waals surface area contributed by atoms with Crippen molar-refractivity contribution in [2.75, 3.05) is 26.7 Å². The van der Waals surface area contributed by atoms with Crippen LogP contribution in [0, 0.1) is 6.92 Å². The van der Waals surface area contributed by atoms with Gasteiger partial charge in [-0.3, -0.25) is 14.5 Å². The fourth-order valence-electron chi connectivity index (χ4n) is 3.68. The molecule has 0 bridgehead atoms. The smallest absolute Gasteiger partial charge is 0.191 e. The maximum absolute atomic E-state index is 4.56. The maximum atomic E-state index is 4.56. The monoisotopic (exact) mass is 419 g/mol. The van der Waals surface area contributed by atoms with E-state index in [-0.39, 0.29) is 6.04 Å². The van der Waals surface area contributed by atoms with Gasteiger partial charge in [0.25, 0.3) is 0 Å². The third-order valence-corrected chi connectivity index (χ3v) is 5.47. The molecule has 164 valence electrons. The van der Waals surface area contributed by atoms with Gasteiger partial charge in [0.1, 0.15) is 11.6 Å². The molecule has 2 heterocycles. The Hall–Kier alpha value is -3.19. The molecule has 1 aromatic carbocycles. The molecule has 0 aliphatic carbocycles. The summed E-state index contributed by atoms with van der Waals surface area (Å²) in [6.07, 6.45) is 5.58. The standard InChI is InChI=1S/C24H33N7/c1-5-30(6-2)22(21-10-8-7-9-11-21)18-29-24(25-4)28-17-20-12-13-23(27-16-20)31-15-14-26-19(31)3/h7-16,22H,5-6,17-18H2,1-4H3,(H2,25,28,29). The van der Waals surface area contributed by atoms with Gasteiger partial charge in [-0.2, -0.15) is 0 Å². The van der Waals surface area contributed by atoms with Crippen LogP contribution in [0.4, 0.5) is 0 Å². The van der Waals surface area contributed by atoms with E-state index < -0.39 is 0 Å². The Morgan fingerprint density at radius 3 is 2.42 bits per heavy atom. The summed E-state index contributed by atoms with van der Waals surface area (Å²) in [4.78, 5) is 15.7. The van der Waals surface area contributed by atoms with Crippen molar-refractivity contribution in [1.29, 1.82) is 0 Å². The van der Waals surface area contributed by atoms with Gasteiger partial charge < -0.3 is 10.6 Å². The summed E-state index contributed by atoms with van der Waals surface area (Å²) in [7, 11) is 1.80.